The van der Waals surface area contributed by atoms with Crippen molar-refractivity contribution >= 4 is 23.6 Å². The molecular weight excluding hydrogens is 260 g/mol. The van der Waals surface area contributed by atoms with Crippen LogP contribution in [0.3, 0.4) is 0 Å². The van der Waals surface area contributed by atoms with Crippen LogP contribution in [0.1, 0.15) is 38.5 Å². The van der Waals surface area contributed by atoms with Gasteiger partial charge in [0.1, 0.15) is 0 Å². The predicted molar refractivity (Wildman–Crippen MR) is 78.1 cm³/mol. The van der Waals surface area contributed by atoms with Crippen molar-refractivity contribution in [3.63, 3.8) is 0 Å². The van der Waals surface area contributed by atoms with E-state index in [1.165, 1.54) is 0 Å². The average Bonchev–Trinajstić information content (AvgIpc) is 3.21. The fraction of sp³-hybridized carbons (Fsp3) is 0.857. The zero-order valence-electron chi connectivity index (χ0n) is 11.7. The molecule has 1 atom stereocenters. The largest absolute Gasteiger partial charge is 0.353 e. The number of piperidine rings is 1. The Morgan fingerprint density at radius 3 is 2.79 bits per heavy atom. The Bertz CT molecular complexity index is 331. The second kappa shape index (κ2) is 7.17. The number of amides is 2. The maximum Gasteiger partial charge on any atom is 0.232 e. The lowest BCUT2D eigenvalue weighted by Gasteiger charge is -2.32. The molecule has 1 saturated heterocycles. The van der Waals surface area contributed by atoms with Gasteiger partial charge in [0.05, 0.1) is 5.75 Å². The molecule has 0 radical (unpaired) electrons. The lowest BCUT2D eigenvalue weighted by Crippen LogP contribution is -2.41. The van der Waals surface area contributed by atoms with E-state index in [2.05, 4.69) is 5.32 Å². The van der Waals surface area contributed by atoms with E-state index in [1.807, 2.05) is 11.2 Å². The summed E-state index contributed by atoms with van der Waals surface area (Å²) >= 11 is 1.58. The summed E-state index contributed by atoms with van der Waals surface area (Å²) in [4.78, 5) is 25.5. The van der Waals surface area contributed by atoms with Crippen LogP contribution in [0.2, 0.25) is 0 Å². The molecule has 2 amide bonds. The summed E-state index contributed by atoms with van der Waals surface area (Å²) in [6.45, 7) is 1.74. The number of carbonyl (C=O) groups excluding carboxylic acids is 2. The maximum absolute atomic E-state index is 11.9. The number of hydrogen-bond acceptors (Lipinski definition) is 3. The van der Waals surface area contributed by atoms with Crippen molar-refractivity contribution in [2.45, 2.75) is 44.6 Å². The SMILES string of the molecule is CSCC(=O)N1CCC[C@H](CCC(=O)NC2CC2)C1. The highest BCUT2D eigenvalue weighted by molar-refractivity contribution is 7.99. The molecule has 2 rings (SSSR count). The van der Waals surface area contributed by atoms with Gasteiger partial charge in [-0.2, -0.15) is 11.8 Å². The van der Waals surface area contributed by atoms with Gasteiger partial charge < -0.3 is 10.2 Å². The lowest BCUT2D eigenvalue weighted by atomic mass is 9.93. The van der Waals surface area contributed by atoms with Crippen molar-refractivity contribution in [1.29, 1.82) is 0 Å². The number of carbonyl (C=O) groups is 2. The van der Waals surface area contributed by atoms with E-state index in [4.69, 9.17) is 0 Å². The fourth-order valence-corrected chi connectivity index (χ4v) is 3.03. The van der Waals surface area contributed by atoms with E-state index < -0.39 is 0 Å². The van der Waals surface area contributed by atoms with Crippen molar-refractivity contribution < 1.29 is 9.59 Å². The highest BCUT2D eigenvalue weighted by Crippen LogP contribution is 2.23. The van der Waals surface area contributed by atoms with Gasteiger partial charge in [0.15, 0.2) is 0 Å². The summed E-state index contributed by atoms with van der Waals surface area (Å²) < 4.78 is 0. The maximum atomic E-state index is 11.9. The second-order valence-electron chi connectivity index (χ2n) is 5.66. The number of nitrogens with zero attached hydrogens (tertiary/aromatic N) is 1. The molecule has 0 aromatic heterocycles. The molecule has 4 nitrogen and oxygen atoms in total. The average molecular weight is 284 g/mol. The van der Waals surface area contributed by atoms with Crippen LogP contribution in [0.25, 0.3) is 0 Å². The quantitative estimate of drug-likeness (QED) is 0.807. The van der Waals surface area contributed by atoms with E-state index in [1.54, 1.807) is 11.8 Å². The summed E-state index contributed by atoms with van der Waals surface area (Å²) in [5, 5.41) is 3.02. The minimum absolute atomic E-state index is 0.190. The summed E-state index contributed by atoms with van der Waals surface area (Å²) in [7, 11) is 0. The first-order valence-corrected chi connectivity index (χ1v) is 8.64. The third kappa shape index (κ3) is 5.05. The van der Waals surface area contributed by atoms with Crippen LogP contribution in [-0.2, 0) is 9.59 Å². The molecule has 0 bridgehead atoms. The molecule has 108 valence electrons. The van der Waals surface area contributed by atoms with Crippen LogP contribution >= 0.6 is 11.8 Å². The van der Waals surface area contributed by atoms with Crippen molar-refractivity contribution in [2.75, 3.05) is 25.1 Å². The minimum Gasteiger partial charge on any atom is -0.353 e. The highest BCUT2D eigenvalue weighted by atomic mass is 32.2. The molecule has 0 unspecified atom stereocenters. The van der Waals surface area contributed by atoms with Gasteiger partial charge in [-0.25, -0.2) is 0 Å². The Labute approximate surface area is 119 Å². The zero-order valence-corrected chi connectivity index (χ0v) is 12.5. The van der Waals surface area contributed by atoms with Crippen LogP contribution in [-0.4, -0.2) is 47.9 Å². The van der Waals surface area contributed by atoms with Crippen molar-refractivity contribution in [2.24, 2.45) is 5.92 Å². The second-order valence-corrected chi connectivity index (χ2v) is 6.53. The number of thioether (sulfide) groups is 1. The molecule has 2 aliphatic rings. The molecule has 0 aromatic carbocycles. The number of rotatable bonds is 6. The van der Waals surface area contributed by atoms with Crippen LogP contribution in [0, 0.1) is 5.92 Å². The smallest absolute Gasteiger partial charge is 0.232 e. The van der Waals surface area contributed by atoms with E-state index in [9.17, 15) is 9.59 Å². The lowest BCUT2D eigenvalue weighted by molar-refractivity contribution is -0.130. The summed E-state index contributed by atoms with van der Waals surface area (Å²) in [5.41, 5.74) is 0. The number of hydrogen-bond donors (Lipinski definition) is 1. The van der Waals surface area contributed by atoms with Gasteiger partial charge in [0.25, 0.3) is 0 Å². The molecule has 1 N–H and O–H groups in total. The fourth-order valence-electron chi connectivity index (χ4n) is 2.60. The molecule has 1 heterocycles. The van der Waals surface area contributed by atoms with Gasteiger partial charge in [0.2, 0.25) is 11.8 Å². The van der Waals surface area contributed by atoms with Crippen LogP contribution < -0.4 is 5.32 Å². The first-order valence-electron chi connectivity index (χ1n) is 7.25. The first-order chi connectivity index (χ1) is 9.19. The van der Waals surface area contributed by atoms with E-state index >= 15 is 0 Å². The van der Waals surface area contributed by atoms with Crippen LogP contribution in [0.4, 0.5) is 0 Å². The third-order valence-corrected chi connectivity index (χ3v) is 4.40. The number of nitrogens with one attached hydrogen (secondary N) is 1. The topological polar surface area (TPSA) is 49.4 Å². The van der Waals surface area contributed by atoms with Crippen molar-refractivity contribution in [1.82, 2.24) is 10.2 Å². The first kappa shape index (κ1) is 14.7. The molecule has 1 aliphatic carbocycles. The molecule has 0 aromatic rings. The highest BCUT2D eigenvalue weighted by Gasteiger charge is 2.26. The van der Waals surface area contributed by atoms with E-state index in [0.29, 0.717) is 24.1 Å². The van der Waals surface area contributed by atoms with Crippen molar-refractivity contribution in [3.8, 4) is 0 Å². The van der Waals surface area contributed by atoms with Crippen molar-refractivity contribution in [3.05, 3.63) is 0 Å². The van der Waals surface area contributed by atoms with Gasteiger partial charge in [-0.3, -0.25) is 9.59 Å². The van der Waals surface area contributed by atoms with Gasteiger partial charge in [0, 0.05) is 25.6 Å². The summed E-state index contributed by atoms with van der Waals surface area (Å²) in [6.07, 6.45) is 8.02. The van der Waals surface area contributed by atoms with E-state index in [-0.39, 0.29) is 11.8 Å². The van der Waals surface area contributed by atoms with Gasteiger partial charge in [-0.1, -0.05) is 0 Å². The predicted octanol–water partition coefficient (Wildman–Crippen LogP) is 1.65. The van der Waals surface area contributed by atoms with Crippen LogP contribution in [0.5, 0.6) is 0 Å². The molecule has 5 heteroatoms. The monoisotopic (exact) mass is 284 g/mol. The Morgan fingerprint density at radius 2 is 2.11 bits per heavy atom. The van der Waals surface area contributed by atoms with E-state index in [0.717, 1.165) is 45.2 Å². The van der Waals surface area contributed by atoms with Gasteiger partial charge >= 0.3 is 0 Å². The van der Waals surface area contributed by atoms with Crippen LogP contribution in [0.15, 0.2) is 0 Å². The molecule has 1 aliphatic heterocycles. The zero-order chi connectivity index (χ0) is 13.7. The number of likely N-dealkylation sites (tertiary alicyclic amines) is 1. The summed E-state index contributed by atoms with van der Waals surface area (Å²) in [5.74, 6) is 1.52. The minimum atomic E-state index is 0.190. The van der Waals surface area contributed by atoms with Gasteiger partial charge in [-0.05, 0) is 44.3 Å². The Balaban J connectivity index is 1.68. The Morgan fingerprint density at radius 1 is 1.32 bits per heavy atom. The molecule has 2 fully saturated rings. The van der Waals surface area contributed by atoms with Gasteiger partial charge in [-0.15, -0.1) is 0 Å². The standard InChI is InChI=1S/C14H24N2O2S/c1-19-10-14(18)16-8-2-3-11(9-16)4-7-13(17)15-12-5-6-12/h11-12H,2-10H2,1H3,(H,15,17)/t11-/m1/s1. The molecule has 19 heavy (non-hydrogen) atoms. The third-order valence-electron chi connectivity index (χ3n) is 3.86. The Hall–Kier alpha value is -0.710. The molecular formula is C14H24N2O2S. The normalized spacial score (nSPS) is 23.2. The molecule has 1 saturated carbocycles. The Kier molecular flexibility index (Phi) is 5.55. The molecule has 0 spiro atoms. The summed E-state index contributed by atoms with van der Waals surface area (Å²) in [6, 6.07) is 0.457.